The van der Waals surface area contributed by atoms with Crippen LogP contribution in [0, 0.1) is 11.3 Å². The summed E-state index contributed by atoms with van der Waals surface area (Å²) < 4.78 is 31.5. The maximum absolute atomic E-state index is 13.6. The molecule has 12 nitrogen and oxygen atoms in total. The Morgan fingerprint density at radius 2 is 1.87 bits per heavy atom. The number of sulfone groups is 1. The smallest absolute Gasteiger partial charge is 0.410 e. The van der Waals surface area contributed by atoms with Gasteiger partial charge in [0.25, 0.3) is 5.56 Å². The van der Waals surface area contributed by atoms with Crippen molar-refractivity contribution in [2.24, 2.45) is 0 Å². The Bertz CT molecular complexity index is 1640. The molecule has 3 aromatic rings. The van der Waals surface area contributed by atoms with Gasteiger partial charge in [-0.25, -0.2) is 23.2 Å². The summed E-state index contributed by atoms with van der Waals surface area (Å²) in [5.41, 5.74) is -1.57. The number of piperazine rings is 1. The monoisotopic (exact) mass is 593 g/mol. The molecule has 1 fully saturated rings. The molecule has 1 amide bonds. The number of aromatic nitrogens is 4. The minimum absolute atomic E-state index is 0.00620. The van der Waals surface area contributed by atoms with E-state index in [4.69, 9.17) is 27.9 Å². The molecule has 0 bridgehead atoms. The standard InChI is InChI=1S/C24H25Cl2N7O5S/c1-24(2,3)38-23(35)32-11-10-31(13-14(32)8-9-27)20-15-12-28-33(19-16(25)6-5-7-17(19)26)21(34)18(15)29-22(30-20)39(4,36)37/h5-7,12,14H,8,10-11,13H2,1-4H3. The van der Waals surface area contributed by atoms with E-state index in [1.165, 1.54) is 23.2 Å². The van der Waals surface area contributed by atoms with Crippen LogP contribution in [0.5, 0.6) is 0 Å². The van der Waals surface area contributed by atoms with Crippen LogP contribution in [0.3, 0.4) is 0 Å². The van der Waals surface area contributed by atoms with Crippen LogP contribution in [-0.2, 0) is 14.6 Å². The van der Waals surface area contributed by atoms with Gasteiger partial charge >= 0.3 is 6.09 Å². The summed E-state index contributed by atoms with van der Waals surface area (Å²) >= 11 is 12.6. The number of rotatable bonds is 4. The molecule has 0 aliphatic carbocycles. The lowest BCUT2D eigenvalue weighted by Gasteiger charge is -2.41. The average Bonchev–Trinajstić information content (AvgIpc) is 2.83. The Hall–Kier alpha value is -3.47. The molecule has 1 aromatic carbocycles. The normalized spacial score (nSPS) is 16.3. The molecule has 0 saturated carbocycles. The van der Waals surface area contributed by atoms with E-state index in [2.05, 4.69) is 21.1 Å². The third kappa shape index (κ3) is 5.93. The summed E-state index contributed by atoms with van der Waals surface area (Å²) in [7, 11) is -3.94. The van der Waals surface area contributed by atoms with Crippen molar-refractivity contribution in [3.8, 4) is 11.8 Å². The number of halogens is 2. The molecular formula is C24H25Cl2N7O5S. The third-order valence-electron chi connectivity index (χ3n) is 5.82. The zero-order chi connectivity index (χ0) is 28.7. The summed E-state index contributed by atoms with van der Waals surface area (Å²) in [4.78, 5) is 37.9. The van der Waals surface area contributed by atoms with Gasteiger partial charge in [0.1, 0.15) is 22.6 Å². The number of benzene rings is 1. The number of nitriles is 1. The first-order chi connectivity index (χ1) is 18.2. The molecule has 3 heterocycles. The zero-order valence-corrected chi connectivity index (χ0v) is 23.9. The van der Waals surface area contributed by atoms with E-state index in [0.717, 1.165) is 10.9 Å². The number of ether oxygens (including phenoxy) is 1. The number of para-hydroxylation sites is 1. The first kappa shape index (κ1) is 28.5. The summed E-state index contributed by atoms with van der Waals surface area (Å²) in [6, 6.07) is 6.18. The highest BCUT2D eigenvalue weighted by Crippen LogP contribution is 2.30. The van der Waals surface area contributed by atoms with Gasteiger partial charge in [-0.15, -0.1) is 0 Å². The van der Waals surface area contributed by atoms with Crippen molar-refractivity contribution in [3.63, 3.8) is 0 Å². The highest BCUT2D eigenvalue weighted by molar-refractivity contribution is 7.90. The summed E-state index contributed by atoms with van der Waals surface area (Å²) in [5.74, 6) is 0.134. The molecule has 1 aliphatic heterocycles. The van der Waals surface area contributed by atoms with E-state index in [1.54, 1.807) is 31.7 Å². The highest BCUT2D eigenvalue weighted by atomic mass is 35.5. The van der Waals surface area contributed by atoms with Crippen molar-refractivity contribution in [2.75, 3.05) is 30.8 Å². The maximum Gasteiger partial charge on any atom is 0.410 e. The summed E-state index contributed by atoms with van der Waals surface area (Å²) in [5, 5.41) is 13.6. The lowest BCUT2D eigenvalue weighted by Crippen LogP contribution is -2.56. The van der Waals surface area contributed by atoms with Gasteiger partial charge < -0.3 is 14.5 Å². The topological polar surface area (TPSA) is 151 Å². The Labute approximate surface area is 234 Å². The molecule has 206 valence electrons. The number of carbonyl (C=O) groups is 1. The number of nitrogens with zero attached hydrogens (tertiary/aromatic N) is 7. The minimum atomic E-state index is -3.94. The predicted octanol–water partition coefficient (Wildman–Crippen LogP) is 3.23. The van der Waals surface area contributed by atoms with E-state index in [-0.39, 0.29) is 58.5 Å². The molecule has 4 rings (SSSR count). The van der Waals surface area contributed by atoms with Crippen LogP contribution in [0.4, 0.5) is 10.6 Å². The van der Waals surface area contributed by atoms with E-state index >= 15 is 0 Å². The van der Waals surface area contributed by atoms with Gasteiger partial charge in [-0.05, 0) is 32.9 Å². The molecular weight excluding hydrogens is 569 g/mol. The highest BCUT2D eigenvalue weighted by Gasteiger charge is 2.35. The molecule has 0 radical (unpaired) electrons. The number of fused-ring (bicyclic) bond motifs is 1. The molecule has 39 heavy (non-hydrogen) atoms. The molecule has 0 N–H and O–H groups in total. The number of hydrogen-bond donors (Lipinski definition) is 0. The molecule has 1 saturated heterocycles. The van der Waals surface area contributed by atoms with Gasteiger partial charge in [-0.3, -0.25) is 4.79 Å². The van der Waals surface area contributed by atoms with E-state index in [0.29, 0.717) is 0 Å². The van der Waals surface area contributed by atoms with E-state index in [9.17, 15) is 23.3 Å². The van der Waals surface area contributed by atoms with Gasteiger partial charge in [-0.1, -0.05) is 29.3 Å². The fraction of sp³-hybridized carbons (Fsp3) is 0.417. The van der Waals surface area contributed by atoms with E-state index in [1.807, 2.05) is 0 Å². The lowest BCUT2D eigenvalue weighted by molar-refractivity contribution is 0.0145. The Kier molecular flexibility index (Phi) is 7.75. The van der Waals surface area contributed by atoms with Crippen molar-refractivity contribution < 1.29 is 17.9 Å². The molecule has 1 atom stereocenters. The van der Waals surface area contributed by atoms with Gasteiger partial charge in [0, 0.05) is 25.9 Å². The second kappa shape index (κ2) is 10.6. The lowest BCUT2D eigenvalue weighted by atomic mass is 10.1. The van der Waals surface area contributed by atoms with Gasteiger partial charge in [0.05, 0.1) is 40.2 Å². The summed E-state index contributed by atoms with van der Waals surface area (Å²) in [6.07, 6.45) is 1.69. The number of amides is 1. The summed E-state index contributed by atoms with van der Waals surface area (Å²) in [6.45, 7) is 5.75. The van der Waals surface area contributed by atoms with Crippen LogP contribution >= 0.6 is 23.2 Å². The van der Waals surface area contributed by atoms with Crippen LogP contribution in [0.2, 0.25) is 10.0 Å². The quantitative estimate of drug-likeness (QED) is 0.412. The van der Waals surface area contributed by atoms with Crippen molar-refractivity contribution in [3.05, 3.63) is 44.8 Å². The fourth-order valence-electron chi connectivity index (χ4n) is 4.13. The largest absolute Gasteiger partial charge is 0.444 e. The molecule has 15 heteroatoms. The van der Waals surface area contributed by atoms with Crippen molar-refractivity contribution in [2.45, 2.75) is 44.0 Å². The number of anilines is 1. The SMILES string of the molecule is CC(C)(C)OC(=O)N1CCN(c2nc(S(C)(=O)=O)nc3c(=O)n(-c4c(Cl)cccc4Cl)ncc23)CC1CC#N. The maximum atomic E-state index is 13.6. The van der Waals surface area contributed by atoms with Crippen LogP contribution in [0.25, 0.3) is 16.6 Å². The van der Waals surface area contributed by atoms with Gasteiger partial charge in [-0.2, -0.15) is 15.0 Å². The van der Waals surface area contributed by atoms with Gasteiger partial charge in [0.2, 0.25) is 15.0 Å². The molecule has 0 spiro atoms. The minimum Gasteiger partial charge on any atom is -0.444 e. The fourth-order valence-corrected chi connectivity index (χ4v) is 5.20. The van der Waals surface area contributed by atoms with Crippen LogP contribution in [0.1, 0.15) is 27.2 Å². The number of carbonyl (C=O) groups excluding carboxylic acids is 1. The average molecular weight is 594 g/mol. The molecule has 2 aromatic heterocycles. The Morgan fingerprint density at radius 3 is 2.46 bits per heavy atom. The van der Waals surface area contributed by atoms with Crippen molar-refractivity contribution >= 4 is 55.9 Å². The second-order valence-electron chi connectivity index (χ2n) is 9.93. The Morgan fingerprint density at radius 1 is 1.21 bits per heavy atom. The van der Waals surface area contributed by atoms with Crippen molar-refractivity contribution in [1.82, 2.24) is 24.6 Å². The van der Waals surface area contributed by atoms with Crippen molar-refractivity contribution in [1.29, 1.82) is 5.26 Å². The Balaban J connectivity index is 1.84. The van der Waals surface area contributed by atoms with Crippen LogP contribution < -0.4 is 10.5 Å². The molecule has 1 aliphatic rings. The van der Waals surface area contributed by atoms with E-state index < -0.39 is 38.3 Å². The number of hydrogen-bond acceptors (Lipinski definition) is 10. The predicted molar refractivity (Wildman–Crippen MR) is 145 cm³/mol. The zero-order valence-electron chi connectivity index (χ0n) is 21.6. The first-order valence-corrected chi connectivity index (χ1v) is 14.4. The third-order valence-corrected chi connectivity index (χ3v) is 7.28. The van der Waals surface area contributed by atoms with Crippen LogP contribution in [0.15, 0.2) is 34.3 Å². The molecule has 1 unspecified atom stereocenters. The van der Waals surface area contributed by atoms with Crippen LogP contribution in [-0.4, -0.2) is 76.7 Å². The first-order valence-electron chi connectivity index (χ1n) is 11.8. The second-order valence-corrected chi connectivity index (χ2v) is 12.7. The van der Waals surface area contributed by atoms with Gasteiger partial charge in [0.15, 0.2) is 0 Å².